The van der Waals surface area contributed by atoms with E-state index in [0.29, 0.717) is 23.6 Å². The number of carbonyl (C=O) groups is 1. The minimum absolute atomic E-state index is 0.0803. The van der Waals surface area contributed by atoms with Gasteiger partial charge in [-0.2, -0.15) is 0 Å². The average molecular weight is 394 g/mol. The number of hydrogen-bond acceptors (Lipinski definition) is 5. The van der Waals surface area contributed by atoms with Gasteiger partial charge in [0.1, 0.15) is 11.6 Å². The molecule has 0 spiro atoms. The number of esters is 1. The van der Waals surface area contributed by atoms with E-state index in [9.17, 15) is 13.2 Å². The quantitative estimate of drug-likeness (QED) is 0.589. The van der Waals surface area contributed by atoms with Gasteiger partial charge in [-0.25, -0.2) is 13.2 Å². The number of ether oxygens (including phenoxy) is 1. The average Bonchev–Trinajstić information content (AvgIpc) is 2.69. The molecule has 0 aliphatic carbocycles. The van der Waals surface area contributed by atoms with Crippen molar-refractivity contribution in [3.8, 4) is 5.75 Å². The lowest BCUT2D eigenvalue weighted by Crippen LogP contribution is -2.37. The van der Waals surface area contributed by atoms with Crippen LogP contribution in [0, 0.1) is 0 Å². The van der Waals surface area contributed by atoms with Gasteiger partial charge >= 0.3 is 5.97 Å². The molecule has 142 valence electrons. The fourth-order valence-corrected chi connectivity index (χ4v) is 4.02. The SMILES string of the molecule is O=C(Oc1ccccc1Cc1ccccc1)C1=CN2CCS(=O)(=O)N=C2C=C1. The van der Waals surface area contributed by atoms with Crippen LogP contribution in [0.25, 0.3) is 0 Å². The van der Waals surface area contributed by atoms with Crippen LogP contribution in [0.5, 0.6) is 5.75 Å². The third-order valence-corrected chi connectivity index (χ3v) is 5.64. The molecule has 0 atom stereocenters. The molecule has 0 saturated heterocycles. The molecular formula is C21H18N2O4S. The van der Waals surface area contributed by atoms with E-state index in [4.69, 9.17) is 4.74 Å². The van der Waals surface area contributed by atoms with E-state index in [-0.39, 0.29) is 12.3 Å². The monoisotopic (exact) mass is 394 g/mol. The lowest BCUT2D eigenvalue weighted by atomic mass is 10.0. The molecule has 0 amide bonds. The number of amidine groups is 1. The molecule has 0 N–H and O–H groups in total. The van der Waals surface area contributed by atoms with Crippen molar-refractivity contribution in [3.05, 3.63) is 89.6 Å². The standard InChI is InChI=1S/C21H18N2O4S/c24-21(18-10-11-20-22-28(25,26)13-12-23(20)15-18)27-19-9-5-4-8-17(19)14-16-6-2-1-3-7-16/h1-11,15H,12-14H2. The minimum Gasteiger partial charge on any atom is -0.423 e. The van der Waals surface area contributed by atoms with E-state index in [1.165, 1.54) is 12.2 Å². The first kappa shape index (κ1) is 18.2. The van der Waals surface area contributed by atoms with Crippen molar-refractivity contribution in [3.63, 3.8) is 0 Å². The van der Waals surface area contributed by atoms with Crippen LogP contribution in [0.1, 0.15) is 11.1 Å². The topological polar surface area (TPSA) is 76.0 Å². The summed E-state index contributed by atoms with van der Waals surface area (Å²) in [6, 6.07) is 17.4. The summed E-state index contributed by atoms with van der Waals surface area (Å²) >= 11 is 0. The van der Waals surface area contributed by atoms with Gasteiger partial charge in [-0.15, -0.1) is 4.40 Å². The van der Waals surface area contributed by atoms with Crippen molar-refractivity contribution in [2.75, 3.05) is 12.3 Å². The first-order valence-electron chi connectivity index (χ1n) is 8.83. The molecule has 2 heterocycles. The minimum atomic E-state index is -3.43. The fraction of sp³-hybridized carbons (Fsp3) is 0.143. The molecule has 2 aromatic rings. The third kappa shape index (κ3) is 4.04. The van der Waals surface area contributed by atoms with Gasteiger partial charge in [0.15, 0.2) is 0 Å². The van der Waals surface area contributed by atoms with Gasteiger partial charge in [0, 0.05) is 19.2 Å². The molecule has 0 unspecified atom stereocenters. The lowest BCUT2D eigenvalue weighted by molar-refractivity contribution is -0.129. The molecule has 0 aromatic heterocycles. The summed E-state index contributed by atoms with van der Waals surface area (Å²) in [7, 11) is -3.43. The molecule has 2 aliphatic heterocycles. The maximum atomic E-state index is 12.6. The maximum Gasteiger partial charge on any atom is 0.345 e. The molecule has 2 aromatic carbocycles. The predicted molar refractivity (Wildman–Crippen MR) is 106 cm³/mol. The van der Waals surface area contributed by atoms with Crippen LogP contribution in [0.4, 0.5) is 0 Å². The third-order valence-electron chi connectivity index (χ3n) is 4.47. The van der Waals surface area contributed by atoms with Crippen molar-refractivity contribution >= 4 is 21.8 Å². The Morgan fingerprint density at radius 2 is 1.79 bits per heavy atom. The van der Waals surface area contributed by atoms with Crippen LogP contribution in [0.3, 0.4) is 0 Å². The number of nitrogens with zero attached hydrogens (tertiary/aromatic N) is 2. The van der Waals surface area contributed by atoms with Crippen LogP contribution >= 0.6 is 0 Å². The Morgan fingerprint density at radius 1 is 1.04 bits per heavy atom. The maximum absolute atomic E-state index is 12.6. The molecule has 0 bridgehead atoms. The Hall–Kier alpha value is -3.19. The summed E-state index contributed by atoms with van der Waals surface area (Å²) in [6.07, 6.45) is 5.27. The van der Waals surface area contributed by atoms with Crippen molar-refractivity contribution in [2.45, 2.75) is 6.42 Å². The second-order valence-electron chi connectivity index (χ2n) is 6.51. The Balaban J connectivity index is 1.52. The molecule has 0 radical (unpaired) electrons. The van der Waals surface area contributed by atoms with Crippen LogP contribution in [0.2, 0.25) is 0 Å². The molecular weight excluding hydrogens is 376 g/mol. The van der Waals surface area contributed by atoms with E-state index in [2.05, 4.69) is 4.40 Å². The second kappa shape index (κ2) is 7.44. The summed E-state index contributed by atoms with van der Waals surface area (Å²) in [5.74, 6) is 0.242. The Kier molecular flexibility index (Phi) is 4.83. The van der Waals surface area contributed by atoms with E-state index < -0.39 is 16.0 Å². The van der Waals surface area contributed by atoms with Gasteiger partial charge in [0.25, 0.3) is 10.0 Å². The normalized spacial score (nSPS) is 17.4. The first-order chi connectivity index (χ1) is 13.5. The van der Waals surface area contributed by atoms with Crippen LogP contribution in [0.15, 0.2) is 82.9 Å². The number of para-hydroxylation sites is 1. The van der Waals surface area contributed by atoms with E-state index in [1.807, 2.05) is 48.5 Å². The van der Waals surface area contributed by atoms with Crippen LogP contribution < -0.4 is 4.74 Å². The molecule has 28 heavy (non-hydrogen) atoms. The van der Waals surface area contributed by atoms with Crippen molar-refractivity contribution in [1.29, 1.82) is 0 Å². The van der Waals surface area contributed by atoms with Crippen molar-refractivity contribution in [2.24, 2.45) is 4.40 Å². The zero-order chi connectivity index (χ0) is 19.6. The Morgan fingerprint density at radius 3 is 2.61 bits per heavy atom. The highest BCUT2D eigenvalue weighted by molar-refractivity contribution is 7.90. The van der Waals surface area contributed by atoms with Gasteiger partial charge in [0.05, 0.1) is 11.3 Å². The smallest absolute Gasteiger partial charge is 0.345 e. The lowest BCUT2D eigenvalue weighted by Gasteiger charge is -2.26. The van der Waals surface area contributed by atoms with Gasteiger partial charge < -0.3 is 9.64 Å². The van der Waals surface area contributed by atoms with Crippen molar-refractivity contribution in [1.82, 2.24) is 4.90 Å². The molecule has 0 saturated carbocycles. The Bertz CT molecular complexity index is 1100. The fourth-order valence-electron chi connectivity index (χ4n) is 3.05. The highest BCUT2D eigenvalue weighted by Gasteiger charge is 2.25. The van der Waals surface area contributed by atoms with Crippen molar-refractivity contribution < 1.29 is 17.9 Å². The zero-order valence-electron chi connectivity index (χ0n) is 15.0. The van der Waals surface area contributed by atoms with Gasteiger partial charge in [0.2, 0.25) is 0 Å². The van der Waals surface area contributed by atoms with Gasteiger partial charge in [-0.3, -0.25) is 0 Å². The predicted octanol–water partition coefficient (Wildman–Crippen LogP) is 2.68. The van der Waals surface area contributed by atoms with E-state index in [0.717, 1.165) is 11.1 Å². The summed E-state index contributed by atoms with van der Waals surface area (Å²) < 4.78 is 32.5. The highest BCUT2D eigenvalue weighted by Crippen LogP contribution is 2.24. The number of fused-ring (bicyclic) bond motifs is 1. The molecule has 6 nitrogen and oxygen atoms in total. The number of carbonyl (C=O) groups excluding carboxylic acids is 1. The molecule has 7 heteroatoms. The zero-order valence-corrected chi connectivity index (χ0v) is 15.8. The molecule has 4 rings (SSSR count). The Labute approximate surface area is 163 Å². The van der Waals surface area contributed by atoms with Crippen LogP contribution in [-0.2, 0) is 21.2 Å². The number of rotatable bonds is 4. The summed E-state index contributed by atoms with van der Waals surface area (Å²) in [4.78, 5) is 14.3. The second-order valence-corrected chi connectivity index (χ2v) is 8.26. The van der Waals surface area contributed by atoms with Crippen LogP contribution in [-0.4, -0.2) is 37.4 Å². The largest absolute Gasteiger partial charge is 0.423 e. The molecule has 2 aliphatic rings. The molecule has 0 fully saturated rings. The highest BCUT2D eigenvalue weighted by atomic mass is 32.2. The number of sulfonamides is 1. The van der Waals surface area contributed by atoms with Gasteiger partial charge in [-0.1, -0.05) is 48.5 Å². The number of hydrogen-bond donors (Lipinski definition) is 0. The number of benzene rings is 2. The first-order valence-corrected chi connectivity index (χ1v) is 10.4. The summed E-state index contributed by atoms with van der Waals surface area (Å²) in [5, 5.41) is 0. The van der Waals surface area contributed by atoms with E-state index >= 15 is 0 Å². The van der Waals surface area contributed by atoms with Gasteiger partial charge in [-0.05, 0) is 29.3 Å². The van der Waals surface area contributed by atoms with E-state index in [1.54, 1.807) is 17.2 Å². The summed E-state index contributed by atoms with van der Waals surface area (Å²) in [6.45, 7) is 0.257. The summed E-state index contributed by atoms with van der Waals surface area (Å²) in [5.41, 5.74) is 2.37.